The summed E-state index contributed by atoms with van der Waals surface area (Å²) in [7, 11) is 0. The molecule has 25 heavy (non-hydrogen) atoms. The van der Waals surface area contributed by atoms with Crippen molar-refractivity contribution in [1.29, 1.82) is 10.5 Å². The topological polar surface area (TPSA) is 87.7 Å². The Labute approximate surface area is 146 Å². The predicted molar refractivity (Wildman–Crippen MR) is 98.5 cm³/mol. The van der Waals surface area contributed by atoms with Crippen LogP contribution in [-0.4, -0.2) is 0 Å². The van der Waals surface area contributed by atoms with Crippen LogP contribution in [-0.2, 0) is 0 Å². The summed E-state index contributed by atoms with van der Waals surface area (Å²) in [5, 5.41) is 18.9. The van der Waals surface area contributed by atoms with Crippen LogP contribution in [0.25, 0.3) is 17.2 Å². The van der Waals surface area contributed by atoms with Crippen LogP contribution < -0.4 is 10.7 Å². The summed E-state index contributed by atoms with van der Waals surface area (Å²) in [5.41, 5.74) is 12.2. The van der Waals surface area contributed by atoms with Crippen LogP contribution >= 0.6 is 0 Å². The predicted octanol–water partition coefficient (Wildman–Crippen LogP) is 3.67. The van der Waals surface area contributed by atoms with Gasteiger partial charge in [0.05, 0.1) is 0 Å². The van der Waals surface area contributed by atoms with Gasteiger partial charge in [-0.2, -0.15) is 10.5 Å². The largest absolute Gasteiger partial charge is 0.289 e. The number of pyridine rings is 1. The number of aromatic amines is 1. The van der Waals surface area contributed by atoms with Crippen molar-refractivity contribution in [1.82, 2.24) is 0 Å². The van der Waals surface area contributed by atoms with E-state index in [-0.39, 0.29) is 0 Å². The number of H-pyrrole nitrogens is 1. The van der Waals surface area contributed by atoms with Crippen molar-refractivity contribution in [3.8, 4) is 12.1 Å². The van der Waals surface area contributed by atoms with Gasteiger partial charge in [0, 0.05) is 5.56 Å². The van der Waals surface area contributed by atoms with E-state index in [9.17, 15) is 10.5 Å². The summed E-state index contributed by atoms with van der Waals surface area (Å²) < 4.78 is 0. The smallest absolute Gasteiger partial charge is 0.286 e. The van der Waals surface area contributed by atoms with Gasteiger partial charge in [0.15, 0.2) is 5.69 Å². The van der Waals surface area contributed by atoms with Gasteiger partial charge in [-0.05, 0) is 36.1 Å². The normalized spacial score (nSPS) is 14.6. The molecule has 0 spiro atoms. The number of nitrogens with zero attached hydrogens (tertiary/aromatic N) is 2. The molecule has 0 aliphatic heterocycles. The van der Waals surface area contributed by atoms with E-state index >= 15 is 0 Å². The number of aromatic nitrogens is 1. The quantitative estimate of drug-likeness (QED) is 0.913. The van der Waals surface area contributed by atoms with Crippen molar-refractivity contribution in [2.75, 3.05) is 5.73 Å². The van der Waals surface area contributed by atoms with Gasteiger partial charge in [0.1, 0.15) is 23.3 Å². The number of nitrogens with one attached hydrogen (secondary N) is 1. The summed E-state index contributed by atoms with van der Waals surface area (Å²) in [6, 6.07) is 14.4. The molecule has 1 aromatic heterocycles. The van der Waals surface area contributed by atoms with Gasteiger partial charge in [-0.15, -0.1) is 0 Å². The van der Waals surface area contributed by atoms with Gasteiger partial charge in [0.25, 0.3) is 5.82 Å². The first-order valence-corrected chi connectivity index (χ1v) is 7.89. The first-order chi connectivity index (χ1) is 12.1. The van der Waals surface area contributed by atoms with E-state index < -0.39 is 0 Å². The lowest BCUT2D eigenvalue weighted by Gasteiger charge is -2.07. The lowest BCUT2D eigenvalue weighted by molar-refractivity contribution is -0.364. The van der Waals surface area contributed by atoms with E-state index in [1.165, 1.54) is 0 Å². The van der Waals surface area contributed by atoms with Crippen molar-refractivity contribution in [3.05, 3.63) is 76.0 Å². The first-order valence-electron chi connectivity index (χ1n) is 7.89. The maximum absolute atomic E-state index is 9.53. The van der Waals surface area contributed by atoms with E-state index in [2.05, 4.69) is 17.1 Å². The Hall–Kier alpha value is -3.63. The Morgan fingerprint density at radius 2 is 1.80 bits per heavy atom. The fourth-order valence-electron chi connectivity index (χ4n) is 3.12. The molecule has 2 aromatic rings. The van der Waals surface area contributed by atoms with E-state index in [4.69, 9.17) is 5.73 Å². The highest BCUT2D eigenvalue weighted by Crippen LogP contribution is 2.41. The number of benzene rings is 1. The molecule has 4 heteroatoms. The van der Waals surface area contributed by atoms with Crippen LogP contribution in [0.4, 0.5) is 5.82 Å². The third-order valence-corrected chi connectivity index (χ3v) is 4.40. The Morgan fingerprint density at radius 1 is 1.08 bits per heavy atom. The summed E-state index contributed by atoms with van der Waals surface area (Å²) in [6.45, 7) is 3.78. The van der Waals surface area contributed by atoms with E-state index in [1.54, 1.807) is 0 Å². The zero-order valence-electron chi connectivity index (χ0n) is 14.1. The van der Waals surface area contributed by atoms with Gasteiger partial charge < -0.3 is 0 Å². The van der Waals surface area contributed by atoms with Crippen LogP contribution in [0.2, 0.25) is 0 Å². The van der Waals surface area contributed by atoms with Crippen molar-refractivity contribution >= 4 is 23.0 Å². The van der Waals surface area contributed by atoms with Crippen LogP contribution in [0.15, 0.2) is 48.1 Å². The number of nitrogen functional groups attached to an aromatic ring is 1. The summed E-state index contributed by atoms with van der Waals surface area (Å²) in [6.07, 6.45) is 5.94. The number of allylic oxidation sites excluding steroid dienone is 5. The average Bonchev–Trinajstić information content (AvgIpc) is 2.87. The van der Waals surface area contributed by atoms with Gasteiger partial charge in [-0.25, -0.2) is 4.98 Å². The molecule has 120 valence electrons. The van der Waals surface area contributed by atoms with Gasteiger partial charge in [-0.3, -0.25) is 5.73 Å². The minimum atomic E-state index is 0.292. The Bertz CT molecular complexity index is 1030. The molecule has 0 radical (unpaired) electrons. The third kappa shape index (κ3) is 2.71. The number of hydrogen-bond acceptors (Lipinski definition) is 3. The number of fused-ring (bicyclic) bond motifs is 1. The number of nitriles is 2. The van der Waals surface area contributed by atoms with E-state index in [1.807, 2.05) is 62.4 Å². The zero-order chi connectivity index (χ0) is 18.0. The molecular formula is C21H17N4+. The molecule has 3 rings (SSSR count). The van der Waals surface area contributed by atoms with Crippen LogP contribution in [0, 0.1) is 29.6 Å². The SMILES string of the molecule is CC1=C(C#N)c2[nH+]c(N)c(C#N)c(C)c2C1=C/C=C/c1ccccc1. The average molecular weight is 325 g/mol. The fourth-order valence-corrected chi connectivity index (χ4v) is 3.12. The molecule has 0 unspecified atom stereocenters. The van der Waals surface area contributed by atoms with E-state index in [0.29, 0.717) is 22.6 Å². The standard InChI is InChI=1S/C21H16N4/c1-13-16(10-6-9-15-7-4-3-5-8-15)19-14(2)18(12-23)21(24)25-20(19)17(13)11-22/h3-10H,1-2H3,(H2,24,25)/p+1/b9-6+,16-10?. The van der Waals surface area contributed by atoms with Crippen molar-refractivity contribution in [2.24, 2.45) is 0 Å². The second-order valence-electron chi connectivity index (χ2n) is 5.86. The molecule has 4 nitrogen and oxygen atoms in total. The van der Waals surface area contributed by atoms with Crippen LogP contribution in [0.5, 0.6) is 0 Å². The molecule has 0 atom stereocenters. The zero-order valence-corrected chi connectivity index (χ0v) is 14.1. The number of nitrogens with two attached hydrogens (primary N) is 1. The van der Waals surface area contributed by atoms with Gasteiger partial charge in [0.2, 0.25) is 0 Å². The minimum absolute atomic E-state index is 0.292. The van der Waals surface area contributed by atoms with E-state index in [0.717, 1.165) is 27.8 Å². The maximum Gasteiger partial charge on any atom is 0.289 e. The molecule has 1 aliphatic carbocycles. The molecule has 0 saturated heterocycles. The number of anilines is 1. The fraction of sp³-hybridized carbons (Fsp3) is 0.0952. The van der Waals surface area contributed by atoms with Crippen molar-refractivity contribution in [3.63, 3.8) is 0 Å². The monoisotopic (exact) mass is 325 g/mol. The molecule has 1 aliphatic rings. The molecule has 1 aromatic carbocycles. The Morgan fingerprint density at radius 3 is 2.44 bits per heavy atom. The lowest BCUT2D eigenvalue weighted by atomic mass is 9.97. The molecule has 0 bridgehead atoms. The maximum atomic E-state index is 9.53. The minimum Gasteiger partial charge on any atom is -0.286 e. The van der Waals surface area contributed by atoms with Crippen molar-refractivity contribution in [2.45, 2.75) is 13.8 Å². The summed E-state index contributed by atoms with van der Waals surface area (Å²) in [4.78, 5) is 3.03. The lowest BCUT2D eigenvalue weighted by Crippen LogP contribution is -2.20. The third-order valence-electron chi connectivity index (χ3n) is 4.40. The van der Waals surface area contributed by atoms with Gasteiger partial charge >= 0.3 is 0 Å². The summed E-state index contributed by atoms with van der Waals surface area (Å²) >= 11 is 0. The second kappa shape index (κ2) is 6.47. The molecule has 1 heterocycles. The van der Waals surface area contributed by atoms with Crippen molar-refractivity contribution < 1.29 is 4.98 Å². The highest BCUT2D eigenvalue weighted by atomic mass is 14.9. The molecule has 0 amide bonds. The van der Waals surface area contributed by atoms with Gasteiger partial charge in [-0.1, -0.05) is 48.6 Å². The number of hydrogen-bond donors (Lipinski definition) is 1. The molecule has 3 N–H and O–H groups in total. The van der Waals surface area contributed by atoms with Crippen LogP contribution in [0.1, 0.15) is 34.9 Å². The Balaban J connectivity index is 2.16. The Kier molecular flexibility index (Phi) is 4.20. The first kappa shape index (κ1) is 16.2. The second-order valence-corrected chi connectivity index (χ2v) is 5.86. The van der Waals surface area contributed by atoms with Crippen LogP contribution in [0.3, 0.4) is 0 Å². The molecule has 0 fully saturated rings. The molecule has 0 saturated carbocycles. The highest BCUT2D eigenvalue weighted by Gasteiger charge is 2.31. The molecular weight excluding hydrogens is 308 g/mol. The number of rotatable bonds is 2. The summed E-state index contributed by atoms with van der Waals surface area (Å²) in [5.74, 6) is 0.292. The highest BCUT2D eigenvalue weighted by molar-refractivity contribution is 6.03.